The molecule has 33 heavy (non-hydrogen) atoms. The Morgan fingerprint density at radius 1 is 0.848 bits per heavy atom. The first-order valence-electron chi connectivity index (χ1n) is 10.3. The molecule has 0 unspecified atom stereocenters. The largest absolute Gasteiger partial charge is 0.423 e. The Morgan fingerprint density at radius 3 is 2.21 bits per heavy atom. The van der Waals surface area contributed by atoms with Gasteiger partial charge in [0.2, 0.25) is 0 Å². The molecule has 0 aliphatic rings. The number of hydrazone groups is 1. The van der Waals surface area contributed by atoms with Crippen molar-refractivity contribution in [3.8, 4) is 5.75 Å². The number of aryl methyl sites for hydroxylation is 1. The van der Waals surface area contributed by atoms with Gasteiger partial charge in [-0.25, -0.2) is 10.2 Å². The second-order valence-electron chi connectivity index (χ2n) is 6.94. The van der Waals surface area contributed by atoms with Crippen LogP contribution in [0.3, 0.4) is 0 Å². The van der Waals surface area contributed by atoms with Crippen LogP contribution in [0.25, 0.3) is 6.08 Å². The summed E-state index contributed by atoms with van der Waals surface area (Å²) in [5, 5.41) is 6.29. The van der Waals surface area contributed by atoms with Crippen molar-refractivity contribution in [3.63, 3.8) is 0 Å². The average molecular weight is 441 g/mol. The van der Waals surface area contributed by atoms with Crippen molar-refractivity contribution in [3.05, 3.63) is 102 Å². The fraction of sp³-hybridized carbons (Fsp3) is 0.0769. The summed E-state index contributed by atoms with van der Waals surface area (Å²) in [6.45, 7) is 2.03. The summed E-state index contributed by atoms with van der Waals surface area (Å²) in [5.74, 6) is -1.83. The molecular formula is C26H23N3O4. The van der Waals surface area contributed by atoms with Crippen molar-refractivity contribution in [1.82, 2.24) is 5.43 Å². The van der Waals surface area contributed by atoms with Crippen LogP contribution in [0.15, 0.2) is 90.0 Å². The molecule has 166 valence electrons. The van der Waals surface area contributed by atoms with Gasteiger partial charge in [-0.2, -0.15) is 5.10 Å². The van der Waals surface area contributed by atoms with Crippen LogP contribution in [0.2, 0.25) is 0 Å². The van der Waals surface area contributed by atoms with E-state index in [9.17, 15) is 14.4 Å². The Morgan fingerprint density at radius 2 is 1.55 bits per heavy atom. The second kappa shape index (κ2) is 11.8. The Bertz CT molecular complexity index is 1150. The van der Waals surface area contributed by atoms with E-state index in [1.807, 2.05) is 49.4 Å². The lowest BCUT2D eigenvalue weighted by Crippen LogP contribution is -2.32. The third kappa shape index (κ3) is 7.59. The molecule has 0 heterocycles. The van der Waals surface area contributed by atoms with Crippen LogP contribution in [0.5, 0.6) is 5.75 Å². The lowest BCUT2D eigenvalue weighted by molar-refractivity contribution is -0.136. The lowest BCUT2D eigenvalue weighted by atomic mass is 10.1. The van der Waals surface area contributed by atoms with Gasteiger partial charge in [-0.3, -0.25) is 9.59 Å². The molecule has 0 spiro atoms. The van der Waals surface area contributed by atoms with Crippen LogP contribution in [-0.2, 0) is 20.8 Å². The van der Waals surface area contributed by atoms with Gasteiger partial charge in [0.15, 0.2) is 0 Å². The number of carbonyl (C=O) groups is 3. The summed E-state index contributed by atoms with van der Waals surface area (Å²) in [6, 6.07) is 23.2. The van der Waals surface area contributed by atoms with Crippen molar-refractivity contribution in [2.75, 3.05) is 5.32 Å². The first-order valence-corrected chi connectivity index (χ1v) is 10.3. The third-order valence-corrected chi connectivity index (χ3v) is 4.52. The number of benzene rings is 3. The highest BCUT2D eigenvalue weighted by Crippen LogP contribution is 2.12. The molecule has 0 radical (unpaired) electrons. The number of ether oxygens (including phenoxy) is 1. The van der Waals surface area contributed by atoms with E-state index in [2.05, 4.69) is 15.8 Å². The zero-order valence-electron chi connectivity index (χ0n) is 18.0. The summed E-state index contributed by atoms with van der Waals surface area (Å²) in [7, 11) is 0. The molecule has 3 aromatic rings. The third-order valence-electron chi connectivity index (χ3n) is 4.52. The van der Waals surface area contributed by atoms with Gasteiger partial charge in [0.25, 0.3) is 0 Å². The van der Waals surface area contributed by atoms with E-state index >= 15 is 0 Å². The average Bonchev–Trinajstić information content (AvgIpc) is 2.85. The van der Waals surface area contributed by atoms with Crippen LogP contribution in [0, 0.1) is 0 Å². The van der Waals surface area contributed by atoms with E-state index in [1.165, 1.54) is 12.3 Å². The van der Waals surface area contributed by atoms with E-state index in [-0.39, 0.29) is 0 Å². The molecule has 2 amide bonds. The molecule has 3 rings (SSSR count). The quantitative estimate of drug-likeness (QED) is 0.145. The molecule has 0 bridgehead atoms. The number of rotatable bonds is 7. The fourth-order valence-electron chi connectivity index (χ4n) is 2.73. The molecule has 7 heteroatoms. The van der Waals surface area contributed by atoms with Gasteiger partial charge in [-0.05, 0) is 65.6 Å². The highest BCUT2D eigenvalue weighted by molar-refractivity contribution is 6.39. The summed E-state index contributed by atoms with van der Waals surface area (Å²) < 4.78 is 5.24. The van der Waals surface area contributed by atoms with Crippen LogP contribution >= 0.6 is 0 Å². The fourth-order valence-corrected chi connectivity index (χ4v) is 2.73. The number of nitrogens with one attached hydrogen (secondary N) is 2. The smallest absolute Gasteiger partial charge is 0.336 e. The summed E-state index contributed by atoms with van der Waals surface area (Å²) in [4.78, 5) is 35.8. The first-order chi connectivity index (χ1) is 16.0. The number of anilines is 1. The van der Waals surface area contributed by atoms with Crippen molar-refractivity contribution in [2.45, 2.75) is 13.3 Å². The monoisotopic (exact) mass is 441 g/mol. The van der Waals surface area contributed by atoms with Gasteiger partial charge in [0.1, 0.15) is 5.75 Å². The molecule has 0 aliphatic heterocycles. The SMILES string of the molecule is CCc1ccc(NC(=O)C(=O)NN=Cc2ccc(OC(=O)C=Cc3ccccc3)cc2)cc1. The van der Waals surface area contributed by atoms with Gasteiger partial charge >= 0.3 is 17.8 Å². The molecule has 2 N–H and O–H groups in total. The zero-order chi connectivity index (χ0) is 23.5. The summed E-state index contributed by atoms with van der Waals surface area (Å²) >= 11 is 0. The van der Waals surface area contributed by atoms with Crippen LogP contribution < -0.4 is 15.5 Å². The molecule has 0 atom stereocenters. The van der Waals surface area contributed by atoms with Crippen molar-refractivity contribution < 1.29 is 19.1 Å². The number of hydrogen-bond acceptors (Lipinski definition) is 5. The number of esters is 1. The normalized spacial score (nSPS) is 10.8. The van der Waals surface area contributed by atoms with E-state index < -0.39 is 17.8 Å². The Hall–Kier alpha value is -4.52. The van der Waals surface area contributed by atoms with Gasteiger partial charge in [0, 0.05) is 11.8 Å². The Balaban J connectivity index is 1.46. The number of amides is 2. The molecule has 0 saturated carbocycles. The number of nitrogens with zero attached hydrogens (tertiary/aromatic N) is 1. The minimum Gasteiger partial charge on any atom is -0.423 e. The van der Waals surface area contributed by atoms with Gasteiger partial charge in [0.05, 0.1) is 6.21 Å². The predicted octanol–water partition coefficient (Wildman–Crippen LogP) is 3.96. The van der Waals surface area contributed by atoms with Gasteiger partial charge < -0.3 is 10.1 Å². The van der Waals surface area contributed by atoms with Crippen LogP contribution in [0.1, 0.15) is 23.6 Å². The molecule has 3 aromatic carbocycles. The minimum absolute atomic E-state index is 0.368. The predicted molar refractivity (Wildman–Crippen MR) is 128 cm³/mol. The molecule has 0 saturated heterocycles. The van der Waals surface area contributed by atoms with E-state index in [1.54, 1.807) is 42.5 Å². The summed E-state index contributed by atoms with van der Waals surface area (Å²) in [5.41, 5.74) is 5.37. The Labute approximate surface area is 191 Å². The zero-order valence-corrected chi connectivity index (χ0v) is 18.0. The maximum Gasteiger partial charge on any atom is 0.336 e. The van der Waals surface area contributed by atoms with E-state index in [0.29, 0.717) is 17.0 Å². The second-order valence-corrected chi connectivity index (χ2v) is 6.94. The molecule has 7 nitrogen and oxygen atoms in total. The van der Waals surface area contributed by atoms with Crippen molar-refractivity contribution in [1.29, 1.82) is 0 Å². The molecule has 0 aliphatic carbocycles. The van der Waals surface area contributed by atoms with Crippen LogP contribution in [-0.4, -0.2) is 24.0 Å². The first kappa shape index (κ1) is 23.1. The van der Waals surface area contributed by atoms with E-state index in [0.717, 1.165) is 17.5 Å². The van der Waals surface area contributed by atoms with Crippen LogP contribution in [0.4, 0.5) is 5.69 Å². The highest BCUT2D eigenvalue weighted by Gasteiger charge is 2.12. The maximum atomic E-state index is 11.9. The van der Waals surface area contributed by atoms with E-state index in [4.69, 9.17) is 4.74 Å². The molecular weight excluding hydrogens is 418 g/mol. The number of carbonyl (C=O) groups excluding carboxylic acids is 3. The van der Waals surface area contributed by atoms with Gasteiger partial charge in [-0.15, -0.1) is 0 Å². The molecule has 0 fully saturated rings. The lowest BCUT2D eigenvalue weighted by Gasteiger charge is -2.05. The van der Waals surface area contributed by atoms with Gasteiger partial charge in [-0.1, -0.05) is 49.4 Å². The maximum absolute atomic E-state index is 11.9. The summed E-state index contributed by atoms with van der Waals surface area (Å²) in [6.07, 6.45) is 5.28. The van der Waals surface area contributed by atoms with Crippen molar-refractivity contribution in [2.24, 2.45) is 5.10 Å². The number of hydrogen-bond donors (Lipinski definition) is 2. The topological polar surface area (TPSA) is 96.9 Å². The minimum atomic E-state index is -0.887. The Kier molecular flexibility index (Phi) is 8.25. The van der Waals surface area contributed by atoms with Crippen molar-refractivity contribution >= 4 is 35.8 Å². The molecule has 0 aromatic heterocycles. The standard InChI is InChI=1S/C26H23N3O4/c1-2-19-8-13-22(14-9-19)28-25(31)26(32)29-27-18-21-10-15-23(16-11-21)33-24(30)17-12-20-6-4-3-5-7-20/h3-18H,2H2,1H3,(H,28,31)(H,29,32). The highest BCUT2D eigenvalue weighted by atomic mass is 16.5.